The van der Waals surface area contributed by atoms with Gasteiger partial charge in [-0.1, -0.05) is 55.6 Å². The van der Waals surface area contributed by atoms with Crippen molar-refractivity contribution in [3.63, 3.8) is 0 Å². The molecule has 0 saturated carbocycles. The Morgan fingerprint density at radius 1 is 0.944 bits per heavy atom. The van der Waals surface area contributed by atoms with Crippen molar-refractivity contribution < 1.29 is 4.39 Å². The van der Waals surface area contributed by atoms with Gasteiger partial charge in [0.25, 0.3) is 0 Å². The highest BCUT2D eigenvalue weighted by atomic mass is 19.1. The predicted octanol–water partition coefficient (Wildman–Crippen LogP) is 4.69. The molecule has 88 valence electrons. The van der Waals surface area contributed by atoms with Crippen molar-refractivity contribution in [3.8, 4) is 0 Å². The number of benzene rings is 2. The van der Waals surface area contributed by atoms with E-state index in [0.717, 1.165) is 22.3 Å². The van der Waals surface area contributed by atoms with Crippen molar-refractivity contribution in [3.05, 3.63) is 89.9 Å². The first kappa shape index (κ1) is 12.1. The Hall–Kier alpha value is -2.37. The Labute approximate surface area is 106 Å². The summed E-state index contributed by atoms with van der Waals surface area (Å²) >= 11 is 0. The minimum absolute atomic E-state index is 0.246. The lowest BCUT2D eigenvalue weighted by atomic mass is 9.98. The molecule has 0 unspecified atom stereocenters. The molecule has 0 radical (unpaired) electrons. The summed E-state index contributed by atoms with van der Waals surface area (Å²) in [5.41, 5.74) is 6.74. The van der Waals surface area contributed by atoms with Crippen molar-refractivity contribution in [1.82, 2.24) is 0 Å². The quantitative estimate of drug-likeness (QED) is 0.678. The molecule has 0 spiro atoms. The topological polar surface area (TPSA) is 0 Å². The molecule has 18 heavy (non-hydrogen) atoms. The summed E-state index contributed by atoms with van der Waals surface area (Å²) in [7, 11) is 0. The number of halogens is 1. The molecule has 1 heteroatoms. The standard InChI is InChI=1S/C17H13F/c1-3-13-5-7-14(8-6-13)17(4-2)15-9-11-16(18)12-10-15/h3,5-12H,1-2H2. The fourth-order valence-electron chi connectivity index (χ4n) is 1.77. The van der Waals surface area contributed by atoms with Crippen molar-refractivity contribution >= 4 is 11.6 Å². The highest BCUT2D eigenvalue weighted by Gasteiger charge is 2.04. The lowest BCUT2D eigenvalue weighted by Crippen LogP contribution is -1.87. The van der Waals surface area contributed by atoms with E-state index in [1.807, 2.05) is 24.3 Å². The largest absolute Gasteiger partial charge is 0.207 e. The summed E-state index contributed by atoms with van der Waals surface area (Å²) in [6, 6.07) is 14.2. The summed E-state index contributed by atoms with van der Waals surface area (Å²) in [5, 5.41) is 0. The SMILES string of the molecule is C=C=C(c1ccc(F)cc1)c1ccc(C=C)cc1. The van der Waals surface area contributed by atoms with Crippen LogP contribution in [-0.4, -0.2) is 0 Å². The van der Waals surface area contributed by atoms with E-state index >= 15 is 0 Å². The Bertz CT molecular complexity index is 597. The normalized spacial score (nSPS) is 9.61. The average Bonchev–Trinajstić information content (AvgIpc) is 2.42. The third-order valence-electron chi connectivity index (χ3n) is 2.74. The number of rotatable bonds is 3. The zero-order chi connectivity index (χ0) is 13.0. The van der Waals surface area contributed by atoms with Crippen LogP contribution in [-0.2, 0) is 0 Å². The molecule has 2 aromatic carbocycles. The van der Waals surface area contributed by atoms with Crippen molar-refractivity contribution in [2.24, 2.45) is 0 Å². The Balaban J connectivity index is 2.42. The first-order valence-electron chi connectivity index (χ1n) is 5.63. The van der Waals surface area contributed by atoms with E-state index in [1.54, 1.807) is 18.2 Å². The van der Waals surface area contributed by atoms with E-state index in [2.05, 4.69) is 18.9 Å². The van der Waals surface area contributed by atoms with Crippen LogP contribution in [0.2, 0.25) is 0 Å². The zero-order valence-corrected chi connectivity index (χ0v) is 9.99. The molecule has 2 rings (SSSR count). The van der Waals surface area contributed by atoms with Crippen LogP contribution in [0.1, 0.15) is 16.7 Å². The van der Waals surface area contributed by atoms with Crippen LogP contribution >= 0.6 is 0 Å². The third-order valence-corrected chi connectivity index (χ3v) is 2.74. The molecule has 0 aliphatic rings. The lowest BCUT2D eigenvalue weighted by Gasteiger charge is -2.06. The summed E-state index contributed by atoms with van der Waals surface area (Å²) in [5.74, 6) is -0.246. The zero-order valence-electron chi connectivity index (χ0n) is 9.99. The molecule has 0 amide bonds. The van der Waals surface area contributed by atoms with Gasteiger partial charge in [0.15, 0.2) is 0 Å². The van der Waals surface area contributed by atoms with E-state index in [-0.39, 0.29) is 5.82 Å². The Morgan fingerprint density at radius 3 is 1.89 bits per heavy atom. The molecule has 2 aromatic rings. The van der Waals surface area contributed by atoms with Gasteiger partial charge in [0.2, 0.25) is 0 Å². The Kier molecular flexibility index (Phi) is 3.57. The van der Waals surface area contributed by atoms with E-state index in [0.29, 0.717) is 0 Å². The maximum Gasteiger partial charge on any atom is 0.123 e. The van der Waals surface area contributed by atoms with Gasteiger partial charge >= 0.3 is 0 Å². The fourth-order valence-corrected chi connectivity index (χ4v) is 1.77. The summed E-state index contributed by atoms with van der Waals surface area (Å²) in [4.78, 5) is 0. The predicted molar refractivity (Wildman–Crippen MR) is 74.6 cm³/mol. The number of hydrogen-bond acceptors (Lipinski definition) is 0. The van der Waals surface area contributed by atoms with Gasteiger partial charge in [-0.05, 0) is 28.8 Å². The highest BCUT2D eigenvalue weighted by Crippen LogP contribution is 2.23. The molecule has 0 heterocycles. The van der Waals surface area contributed by atoms with E-state index in [1.165, 1.54) is 12.1 Å². The van der Waals surface area contributed by atoms with Gasteiger partial charge < -0.3 is 0 Å². The van der Waals surface area contributed by atoms with Crippen molar-refractivity contribution in [1.29, 1.82) is 0 Å². The molecule has 0 aliphatic carbocycles. The molecule has 0 aromatic heterocycles. The molecule has 0 N–H and O–H groups in total. The van der Waals surface area contributed by atoms with Crippen LogP contribution < -0.4 is 0 Å². The van der Waals surface area contributed by atoms with Crippen LogP contribution in [0.15, 0.2) is 67.4 Å². The maximum atomic E-state index is 12.9. The number of hydrogen-bond donors (Lipinski definition) is 0. The molecule has 0 nitrogen and oxygen atoms in total. The molecule has 0 saturated heterocycles. The first-order chi connectivity index (χ1) is 8.74. The van der Waals surface area contributed by atoms with Crippen LogP contribution in [0.4, 0.5) is 4.39 Å². The fraction of sp³-hybridized carbons (Fsp3) is 0. The second-order valence-corrected chi connectivity index (χ2v) is 3.88. The Morgan fingerprint density at radius 2 is 1.44 bits per heavy atom. The van der Waals surface area contributed by atoms with Gasteiger partial charge in [0, 0.05) is 5.57 Å². The van der Waals surface area contributed by atoms with Gasteiger partial charge in [-0.25, -0.2) is 4.39 Å². The summed E-state index contributed by atoms with van der Waals surface area (Å²) in [6.45, 7) is 7.42. The minimum atomic E-state index is -0.246. The van der Waals surface area contributed by atoms with Crippen molar-refractivity contribution in [2.45, 2.75) is 0 Å². The van der Waals surface area contributed by atoms with Gasteiger partial charge in [-0.3, -0.25) is 0 Å². The minimum Gasteiger partial charge on any atom is -0.207 e. The lowest BCUT2D eigenvalue weighted by molar-refractivity contribution is 0.627. The van der Waals surface area contributed by atoms with Gasteiger partial charge in [0.05, 0.1) is 0 Å². The first-order valence-corrected chi connectivity index (χ1v) is 5.63. The van der Waals surface area contributed by atoms with Crippen LogP contribution in [0.5, 0.6) is 0 Å². The van der Waals surface area contributed by atoms with E-state index < -0.39 is 0 Å². The average molecular weight is 236 g/mol. The molecular formula is C17H13F. The van der Waals surface area contributed by atoms with Gasteiger partial charge in [0.1, 0.15) is 5.82 Å². The van der Waals surface area contributed by atoms with Crippen LogP contribution in [0, 0.1) is 5.82 Å². The van der Waals surface area contributed by atoms with E-state index in [4.69, 9.17) is 0 Å². The van der Waals surface area contributed by atoms with Gasteiger partial charge in [-0.2, -0.15) is 0 Å². The van der Waals surface area contributed by atoms with E-state index in [9.17, 15) is 4.39 Å². The third kappa shape index (κ3) is 2.48. The second kappa shape index (κ2) is 5.31. The monoisotopic (exact) mass is 236 g/mol. The summed E-state index contributed by atoms with van der Waals surface area (Å²) in [6.07, 6.45) is 1.79. The molecular weight excluding hydrogens is 223 g/mol. The molecule has 0 aliphatic heterocycles. The maximum absolute atomic E-state index is 12.9. The second-order valence-electron chi connectivity index (χ2n) is 3.88. The highest BCUT2D eigenvalue weighted by molar-refractivity contribution is 5.79. The van der Waals surface area contributed by atoms with Crippen molar-refractivity contribution in [2.75, 3.05) is 0 Å². The van der Waals surface area contributed by atoms with Crippen LogP contribution in [0.25, 0.3) is 11.6 Å². The molecule has 0 fully saturated rings. The van der Waals surface area contributed by atoms with Crippen LogP contribution in [0.3, 0.4) is 0 Å². The summed E-state index contributed by atoms with van der Waals surface area (Å²) < 4.78 is 12.9. The molecule has 0 bridgehead atoms. The smallest absolute Gasteiger partial charge is 0.123 e. The van der Waals surface area contributed by atoms with Gasteiger partial charge in [-0.15, -0.1) is 5.73 Å². The molecule has 0 atom stereocenters.